The summed E-state index contributed by atoms with van der Waals surface area (Å²) in [6.45, 7) is 11.4. The zero-order chi connectivity index (χ0) is 18.4. The van der Waals surface area contributed by atoms with Crippen molar-refractivity contribution in [1.82, 2.24) is 21.3 Å². The third kappa shape index (κ3) is 8.80. The summed E-state index contributed by atoms with van der Waals surface area (Å²) < 4.78 is 0. The molecule has 0 rings (SSSR count). The molecule has 0 saturated carbocycles. The third-order valence-electron chi connectivity index (χ3n) is 2.82. The van der Waals surface area contributed by atoms with Crippen LogP contribution in [-0.2, 0) is 19.2 Å². The maximum absolute atomic E-state index is 12.0. The number of hydrogen-bond donors (Lipinski definition) is 4. The van der Waals surface area contributed by atoms with E-state index in [-0.39, 0.29) is 11.8 Å². The van der Waals surface area contributed by atoms with Crippen molar-refractivity contribution in [2.24, 2.45) is 0 Å². The molecule has 0 spiro atoms. The van der Waals surface area contributed by atoms with Crippen LogP contribution >= 0.6 is 0 Å². The fourth-order valence-corrected chi connectivity index (χ4v) is 1.66. The summed E-state index contributed by atoms with van der Waals surface area (Å²) in [6, 6.07) is -2.30. The first-order chi connectivity index (χ1) is 10.3. The van der Waals surface area contributed by atoms with E-state index in [0.717, 1.165) is 0 Å². The molecule has 0 bridgehead atoms. The van der Waals surface area contributed by atoms with Gasteiger partial charge in [0.2, 0.25) is 23.6 Å². The Labute approximate surface area is 137 Å². The minimum absolute atomic E-state index is 0.309. The Morgan fingerprint density at radius 3 is 1.39 bits per heavy atom. The van der Waals surface area contributed by atoms with Crippen LogP contribution in [0, 0.1) is 0 Å². The SMILES string of the molecule is CC(=O)N[C@@H](C)C(=O)N[C@@H](C)C(=O)N[C@@H](C)C(=O)NC(C)(C)C. The molecule has 0 aliphatic carbocycles. The maximum atomic E-state index is 12.0. The minimum atomic E-state index is -0.830. The molecule has 23 heavy (non-hydrogen) atoms. The summed E-state index contributed by atoms with van der Waals surface area (Å²) in [5, 5.41) is 10.2. The van der Waals surface area contributed by atoms with Crippen LogP contribution in [-0.4, -0.2) is 47.3 Å². The Hall–Kier alpha value is -2.12. The smallest absolute Gasteiger partial charge is 0.242 e. The zero-order valence-corrected chi connectivity index (χ0v) is 14.9. The lowest BCUT2D eigenvalue weighted by molar-refractivity contribution is -0.133. The number of hydrogen-bond acceptors (Lipinski definition) is 4. The normalized spacial score (nSPS) is 14.9. The number of rotatable bonds is 6. The second kappa shape index (κ2) is 8.50. The highest BCUT2D eigenvalue weighted by Gasteiger charge is 2.24. The number of carbonyl (C=O) groups is 4. The van der Waals surface area contributed by atoms with Gasteiger partial charge in [-0.05, 0) is 41.5 Å². The number of nitrogens with one attached hydrogen (secondary N) is 4. The number of carbonyl (C=O) groups excluding carboxylic acids is 4. The molecule has 0 saturated heterocycles. The molecule has 0 unspecified atom stereocenters. The summed E-state index contributed by atoms with van der Waals surface area (Å²) in [5.41, 5.74) is -0.399. The zero-order valence-electron chi connectivity index (χ0n) is 14.9. The fraction of sp³-hybridized carbons (Fsp3) is 0.733. The quantitative estimate of drug-likeness (QED) is 0.523. The van der Waals surface area contributed by atoms with Gasteiger partial charge in [0.1, 0.15) is 18.1 Å². The molecule has 4 amide bonds. The van der Waals surface area contributed by atoms with E-state index in [1.165, 1.54) is 20.8 Å². The van der Waals surface area contributed by atoms with Gasteiger partial charge in [-0.3, -0.25) is 19.2 Å². The largest absolute Gasteiger partial charge is 0.350 e. The molecule has 0 fully saturated rings. The molecule has 0 aromatic heterocycles. The lowest BCUT2D eigenvalue weighted by Gasteiger charge is -2.24. The standard InChI is InChI=1S/C15H28N4O4/c1-8(16-11(4)20)12(21)17-9(2)13(22)18-10(3)14(23)19-15(5,6)7/h8-10H,1-7H3,(H,16,20)(H,17,21)(H,18,22)(H,19,23)/t8-,9-,10-/m0/s1. The molecule has 0 radical (unpaired) electrons. The summed E-state index contributed by atoms with van der Waals surface area (Å²) >= 11 is 0. The highest BCUT2D eigenvalue weighted by molar-refractivity contribution is 5.93. The van der Waals surface area contributed by atoms with Gasteiger partial charge in [-0.1, -0.05) is 0 Å². The van der Waals surface area contributed by atoms with Crippen molar-refractivity contribution in [1.29, 1.82) is 0 Å². The molecule has 132 valence electrons. The van der Waals surface area contributed by atoms with Crippen LogP contribution in [0.5, 0.6) is 0 Å². The summed E-state index contributed by atoms with van der Waals surface area (Å²) in [6.07, 6.45) is 0. The van der Waals surface area contributed by atoms with Gasteiger partial charge in [-0.25, -0.2) is 0 Å². The van der Waals surface area contributed by atoms with Crippen molar-refractivity contribution in [2.45, 2.75) is 72.1 Å². The van der Waals surface area contributed by atoms with E-state index in [1.807, 2.05) is 20.8 Å². The van der Waals surface area contributed by atoms with Crippen molar-refractivity contribution in [3.05, 3.63) is 0 Å². The summed E-state index contributed by atoms with van der Waals surface area (Å²) in [4.78, 5) is 46.6. The topological polar surface area (TPSA) is 116 Å². The molecule has 8 nitrogen and oxygen atoms in total. The van der Waals surface area contributed by atoms with Gasteiger partial charge in [-0.15, -0.1) is 0 Å². The van der Waals surface area contributed by atoms with E-state index in [4.69, 9.17) is 0 Å². The molecule has 3 atom stereocenters. The van der Waals surface area contributed by atoms with E-state index in [1.54, 1.807) is 6.92 Å². The Kier molecular flexibility index (Phi) is 7.71. The van der Waals surface area contributed by atoms with E-state index in [2.05, 4.69) is 21.3 Å². The van der Waals surface area contributed by atoms with Crippen LogP contribution in [0.15, 0.2) is 0 Å². The predicted octanol–water partition coefficient (Wildman–Crippen LogP) is -0.565. The second-order valence-corrected chi connectivity index (χ2v) is 6.62. The number of amides is 4. The van der Waals surface area contributed by atoms with Gasteiger partial charge in [0, 0.05) is 12.5 Å². The molecule has 0 aliphatic heterocycles. The molecular weight excluding hydrogens is 300 g/mol. The molecule has 0 aromatic carbocycles. The van der Waals surface area contributed by atoms with Gasteiger partial charge >= 0.3 is 0 Å². The average molecular weight is 328 g/mol. The Morgan fingerprint density at radius 1 is 0.696 bits per heavy atom. The van der Waals surface area contributed by atoms with Crippen LogP contribution in [0.3, 0.4) is 0 Å². The van der Waals surface area contributed by atoms with Gasteiger partial charge in [0.25, 0.3) is 0 Å². The second-order valence-electron chi connectivity index (χ2n) is 6.62. The lowest BCUT2D eigenvalue weighted by Crippen LogP contribution is -2.56. The highest BCUT2D eigenvalue weighted by atomic mass is 16.2. The van der Waals surface area contributed by atoms with Gasteiger partial charge in [-0.2, -0.15) is 0 Å². The third-order valence-corrected chi connectivity index (χ3v) is 2.82. The van der Waals surface area contributed by atoms with E-state index in [0.29, 0.717) is 0 Å². The minimum Gasteiger partial charge on any atom is -0.350 e. The van der Waals surface area contributed by atoms with Crippen LogP contribution in [0.25, 0.3) is 0 Å². The van der Waals surface area contributed by atoms with Crippen LogP contribution in [0.4, 0.5) is 0 Å². The lowest BCUT2D eigenvalue weighted by atomic mass is 10.1. The van der Waals surface area contributed by atoms with Gasteiger partial charge < -0.3 is 21.3 Å². The Bertz CT molecular complexity index is 471. The highest BCUT2D eigenvalue weighted by Crippen LogP contribution is 1.99. The van der Waals surface area contributed by atoms with Crippen molar-refractivity contribution in [2.75, 3.05) is 0 Å². The van der Waals surface area contributed by atoms with E-state index < -0.39 is 35.5 Å². The monoisotopic (exact) mass is 328 g/mol. The van der Waals surface area contributed by atoms with Crippen LogP contribution in [0.1, 0.15) is 48.5 Å². The van der Waals surface area contributed by atoms with Crippen LogP contribution < -0.4 is 21.3 Å². The van der Waals surface area contributed by atoms with Crippen LogP contribution in [0.2, 0.25) is 0 Å². The van der Waals surface area contributed by atoms with E-state index in [9.17, 15) is 19.2 Å². The fourth-order valence-electron chi connectivity index (χ4n) is 1.66. The van der Waals surface area contributed by atoms with Gasteiger partial charge in [0.05, 0.1) is 0 Å². The summed E-state index contributed by atoms with van der Waals surface area (Å²) in [5.74, 6) is -1.60. The molecule has 0 aliphatic rings. The van der Waals surface area contributed by atoms with Crippen molar-refractivity contribution < 1.29 is 19.2 Å². The molecule has 0 heterocycles. The maximum Gasteiger partial charge on any atom is 0.242 e. The Balaban J connectivity index is 4.47. The van der Waals surface area contributed by atoms with Gasteiger partial charge in [0.15, 0.2) is 0 Å². The first kappa shape index (κ1) is 20.9. The predicted molar refractivity (Wildman–Crippen MR) is 86.4 cm³/mol. The Morgan fingerprint density at radius 2 is 1.04 bits per heavy atom. The molecule has 8 heteroatoms. The molecule has 0 aromatic rings. The van der Waals surface area contributed by atoms with Crippen molar-refractivity contribution in [3.63, 3.8) is 0 Å². The van der Waals surface area contributed by atoms with E-state index >= 15 is 0 Å². The average Bonchev–Trinajstić information content (AvgIpc) is 2.35. The van der Waals surface area contributed by atoms with Crippen molar-refractivity contribution >= 4 is 23.6 Å². The first-order valence-electron chi connectivity index (χ1n) is 7.53. The molecular formula is C15H28N4O4. The molecule has 4 N–H and O–H groups in total. The van der Waals surface area contributed by atoms with Crippen molar-refractivity contribution in [3.8, 4) is 0 Å². The summed E-state index contributed by atoms with van der Waals surface area (Å²) in [7, 11) is 0. The first-order valence-corrected chi connectivity index (χ1v) is 7.53.